The molecule has 0 aromatic heterocycles. The summed E-state index contributed by atoms with van der Waals surface area (Å²) in [4.78, 5) is 2.87. The molecule has 1 saturated heterocycles. The summed E-state index contributed by atoms with van der Waals surface area (Å²) in [5.41, 5.74) is 0.232. The van der Waals surface area contributed by atoms with E-state index in [2.05, 4.69) is 44.8 Å². The molecule has 1 N–H and O–H groups in total. The molecule has 2 fully saturated rings. The van der Waals surface area contributed by atoms with Gasteiger partial charge in [0.15, 0.2) is 0 Å². The first kappa shape index (κ1) is 16.3. The third kappa shape index (κ3) is 4.21. The molecular formula is C18H36N2. The van der Waals surface area contributed by atoms with Crippen LogP contribution in [0.2, 0.25) is 0 Å². The number of likely N-dealkylation sites (tertiary alicyclic amines) is 1. The maximum absolute atomic E-state index is 3.75. The van der Waals surface area contributed by atoms with Crippen LogP contribution in [0.1, 0.15) is 73.1 Å². The molecule has 1 heterocycles. The predicted molar refractivity (Wildman–Crippen MR) is 88.1 cm³/mol. The molecule has 2 aliphatic rings. The number of rotatable bonds is 5. The Morgan fingerprint density at radius 2 is 1.70 bits per heavy atom. The summed E-state index contributed by atoms with van der Waals surface area (Å²) >= 11 is 0. The maximum atomic E-state index is 3.75. The fraction of sp³-hybridized carbons (Fsp3) is 1.00. The van der Waals surface area contributed by atoms with Gasteiger partial charge in [-0.2, -0.15) is 0 Å². The van der Waals surface area contributed by atoms with Crippen molar-refractivity contribution in [3.05, 3.63) is 0 Å². The molecule has 0 aromatic rings. The van der Waals surface area contributed by atoms with Gasteiger partial charge in [0, 0.05) is 24.2 Å². The molecular weight excluding hydrogens is 244 g/mol. The molecule has 2 nitrogen and oxygen atoms in total. The van der Waals surface area contributed by atoms with Gasteiger partial charge in [0.25, 0.3) is 0 Å². The number of nitrogens with one attached hydrogen (secondary N) is 1. The second-order valence-electron chi connectivity index (χ2n) is 8.43. The quantitative estimate of drug-likeness (QED) is 0.817. The normalized spacial score (nSPS) is 27.6. The minimum atomic E-state index is 0.232. The van der Waals surface area contributed by atoms with Gasteiger partial charge in [-0.05, 0) is 64.8 Å². The molecule has 2 heteroatoms. The highest BCUT2D eigenvalue weighted by molar-refractivity contribution is 4.93. The molecule has 20 heavy (non-hydrogen) atoms. The SMILES string of the molecule is CC(C)C(CNC(C)(C)C)N1CCCC1C1CCCC1. The fourth-order valence-electron chi connectivity index (χ4n) is 4.22. The largest absolute Gasteiger partial charge is 0.311 e. The van der Waals surface area contributed by atoms with Crippen molar-refractivity contribution in [3.8, 4) is 0 Å². The minimum absolute atomic E-state index is 0.232. The van der Waals surface area contributed by atoms with E-state index in [1.165, 1.54) is 45.1 Å². The van der Waals surface area contributed by atoms with Crippen LogP contribution in [0.3, 0.4) is 0 Å². The van der Waals surface area contributed by atoms with E-state index in [1.807, 2.05) is 0 Å². The molecule has 0 spiro atoms. The van der Waals surface area contributed by atoms with Crippen LogP contribution in [0.15, 0.2) is 0 Å². The second-order valence-corrected chi connectivity index (χ2v) is 8.43. The van der Waals surface area contributed by atoms with Crippen LogP contribution in [-0.4, -0.2) is 35.6 Å². The lowest BCUT2D eigenvalue weighted by atomic mass is 9.92. The Balaban J connectivity index is 1.99. The van der Waals surface area contributed by atoms with E-state index in [-0.39, 0.29) is 5.54 Å². The maximum Gasteiger partial charge on any atom is 0.0246 e. The third-order valence-corrected chi connectivity index (χ3v) is 5.32. The van der Waals surface area contributed by atoms with Crippen LogP contribution in [0.4, 0.5) is 0 Å². The van der Waals surface area contributed by atoms with Gasteiger partial charge in [-0.3, -0.25) is 4.90 Å². The van der Waals surface area contributed by atoms with Gasteiger partial charge in [0.2, 0.25) is 0 Å². The van der Waals surface area contributed by atoms with Gasteiger partial charge >= 0.3 is 0 Å². The van der Waals surface area contributed by atoms with E-state index in [0.717, 1.165) is 24.4 Å². The molecule has 0 aromatic carbocycles. The average molecular weight is 280 g/mol. The molecule has 2 unspecified atom stereocenters. The molecule has 1 aliphatic heterocycles. The van der Waals surface area contributed by atoms with Gasteiger partial charge in [0.05, 0.1) is 0 Å². The van der Waals surface area contributed by atoms with Crippen molar-refractivity contribution < 1.29 is 0 Å². The Labute approximate surface area is 126 Å². The van der Waals surface area contributed by atoms with Crippen molar-refractivity contribution in [1.29, 1.82) is 0 Å². The first-order valence-corrected chi connectivity index (χ1v) is 8.89. The highest BCUT2D eigenvalue weighted by Gasteiger charge is 2.37. The summed E-state index contributed by atoms with van der Waals surface area (Å²) < 4.78 is 0. The lowest BCUT2D eigenvalue weighted by Crippen LogP contribution is -2.52. The Morgan fingerprint density at radius 3 is 2.25 bits per heavy atom. The Hall–Kier alpha value is -0.0800. The van der Waals surface area contributed by atoms with Gasteiger partial charge < -0.3 is 5.32 Å². The van der Waals surface area contributed by atoms with Crippen molar-refractivity contribution in [1.82, 2.24) is 10.2 Å². The summed E-state index contributed by atoms with van der Waals surface area (Å²) in [5, 5.41) is 3.75. The first-order valence-electron chi connectivity index (χ1n) is 8.89. The van der Waals surface area contributed by atoms with Crippen molar-refractivity contribution in [3.63, 3.8) is 0 Å². The van der Waals surface area contributed by atoms with Crippen molar-refractivity contribution in [2.45, 2.75) is 90.8 Å². The van der Waals surface area contributed by atoms with Crippen molar-refractivity contribution in [2.75, 3.05) is 13.1 Å². The lowest BCUT2D eigenvalue weighted by molar-refractivity contribution is 0.0986. The van der Waals surface area contributed by atoms with Crippen LogP contribution in [0, 0.1) is 11.8 Å². The third-order valence-electron chi connectivity index (χ3n) is 5.32. The van der Waals surface area contributed by atoms with Crippen molar-refractivity contribution in [2.24, 2.45) is 11.8 Å². The summed E-state index contributed by atoms with van der Waals surface area (Å²) in [7, 11) is 0. The van der Waals surface area contributed by atoms with E-state index in [1.54, 1.807) is 0 Å². The summed E-state index contributed by atoms with van der Waals surface area (Å²) in [6, 6.07) is 1.59. The summed E-state index contributed by atoms with van der Waals surface area (Å²) in [6.07, 6.45) is 8.78. The second kappa shape index (κ2) is 6.79. The minimum Gasteiger partial charge on any atom is -0.311 e. The average Bonchev–Trinajstić information content (AvgIpc) is 2.96. The monoisotopic (exact) mass is 280 g/mol. The van der Waals surface area contributed by atoms with Crippen LogP contribution in [0.25, 0.3) is 0 Å². The van der Waals surface area contributed by atoms with Gasteiger partial charge in [0.1, 0.15) is 0 Å². The van der Waals surface area contributed by atoms with E-state index in [0.29, 0.717) is 6.04 Å². The zero-order chi connectivity index (χ0) is 14.8. The first-order chi connectivity index (χ1) is 9.38. The van der Waals surface area contributed by atoms with Gasteiger partial charge in [-0.15, -0.1) is 0 Å². The predicted octanol–water partition coefficient (Wildman–Crippen LogP) is 4.05. The lowest BCUT2D eigenvalue weighted by Gasteiger charge is -2.40. The summed E-state index contributed by atoms with van der Waals surface area (Å²) in [6.45, 7) is 14.1. The van der Waals surface area contributed by atoms with E-state index in [4.69, 9.17) is 0 Å². The molecule has 2 rings (SSSR count). The zero-order valence-electron chi connectivity index (χ0n) is 14.4. The highest BCUT2D eigenvalue weighted by atomic mass is 15.2. The summed E-state index contributed by atoms with van der Waals surface area (Å²) in [5.74, 6) is 1.74. The number of hydrogen-bond acceptors (Lipinski definition) is 2. The standard InChI is InChI=1S/C18H36N2/c1-14(2)17(13-19-18(3,4)5)20-12-8-11-16(20)15-9-6-7-10-15/h14-17,19H,6-13H2,1-5H3. The Bertz CT molecular complexity index is 286. The van der Waals surface area contributed by atoms with Crippen molar-refractivity contribution >= 4 is 0 Å². The molecule has 1 saturated carbocycles. The Kier molecular flexibility index (Phi) is 5.53. The van der Waals surface area contributed by atoms with Gasteiger partial charge in [-0.25, -0.2) is 0 Å². The molecule has 0 amide bonds. The number of nitrogens with zero attached hydrogens (tertiary/aromatic N) is 1. The van der Waals surface area contributed by atoms with E-state index >= 15 is 0 Å². The fourth-order valence-corrected chi connectivity index (χ4v) is 4.22. The molecule has 0 radical (unpaired) electrons. The van der Waals surface area contributed by atoms with Crippen LogP contribution >= 0.6 is 0 Å². The molecule has 2 atom stereocenters. The van der Waals surface area contributed by atoms with Crippen LogP contribution in [-0.2, 0) is 0 Å². The van der Waals surface area contributed by atoms with Gasteiger partial charge in [-0.1, -0.05) is 26.7 Å². The van der Waals surface area contributed by atoms with E-state index < -0.39 is 0 Å². The molecule has 0 bridgehead atoms. The Morgan fingerprint density at radius 1 is 1.05 bits per heavy atom. The smallest absolute Gasteiger partial charge is 0.0246 e. The number of hydrogen-bond donors (Lipinski definition) is 1. The topological polar surface area (TPSA) is 15.3 Å². The molecule has 1 aliphatic carbocycles. The van der Waals surface area contributed by atoms with Crippen LogP contribution < -0.4 is 5.32 Å². The van der Waals surface area contributed by atoms with Crippen LogP contribution in [0.5, 0.6) is 0 Å². The highest BCUT2D eigenvalue weighted by Crippen LogP contribution is 2.37. The molecule has 118 valence electrons. The van der Waals surface area contributed by atoms with E-state index in [9.17, 15) is 0 Å². The zero-order valence-corrected chi connectivity index (χ0v) is 14.4.